The fourth-order valence-corrected chi connectivity index (χ4v) is 5.72. The van der Waals surface area contributed by atoms with Gasteiger partial charge in [-0.15, -0.1) is 0 Å². The highest BCUT2D eigenvalue weighted by Crippen LogP contribution is 2.23. The molecule has 2 fully saturated rings. The van der Waals surface area contributed by atoms with Crippen LogP contribution in [-0.4, -0.2) is 68.7 Å². The van der Waals surface area contributed by atoms with Crippen molar-refractivity contribution < 1.29 is 18.0 Å². The second-order valence-electron chi connectivity index (χ2n) is 8.59. The molecule has 9 heteroatoms. The lowest BCUT2D eigenvalue weighted by Crippen LogP contribution is -2.38. The van der Waals surface area contributed by atoms with Crippen LogP contribution < -0.4 is 10.2 Å². The SMILES string of the molecule is Cc1ccc(S(=O)(=O)N2CCCN(CC(=O)Nc3ccc(N4CCCC4=O)cc3)CC2)cc1. The molecule has 33 heavy (non-hydrogen) atoms. The van der Waals surface area contributed by atoms with Crippen LogP contribution in [0.15, 0.2) is 53.4 Å². The smallest absolute Gasteiger partial charge is 0.243 e. The van der Waals surface area contributed by atoms with Gasteiger partial charge in [0.05, 0.1) is 11.4 Å². The summed E-state index contributed by atoms with van der Waals surface area (Å²) in [5, 5.41) is 2.90. The van der Waals surface area contributed by atoms with Crippen molar-refractivity contribution in [2.45, 2.75) is 31.1 Å². The fraction of sp³-hybridized carbons (Fsp3) is 0.417. The van der Waals surface area contributed by atoms with Gasteiger partial charge in [0.2, 0.25) is 21.8 Å². The van der Waals surface area contributed by atoms with Gasteiger partial charge < -0.3 is 10.2 Å². The number of carbonyl (C=O) groups is 2. The molecule has 4 rings (SSSR count). The van der Waals surface area contributed by atoms with Gasteiger partial charge in [-0.3, -0.25) is 14.5 Å². The molecular formula is C24H30N4O4S. The molecule has 2 heterocycles. The molecule has 2 saturated heterocycles. The van der Waals surface area contributed by atoms with Gasteiger partial charge in [-0.25, -0.2) is 8.42 Å². The molecule has 0 aromatic heterocycles. The van der Waals surface area contributed by atoms with Crippen LogP contribution in [-0.2, 0) is 19.6 Å². The first-order chi connectivity index (χ1) is 15.8. The molecule has 8 nitrogen and oxygen atoms in total. The summed E-state index contributed by atoms with van der Waals surface area (Å²) in [6.07, 6.45) is 2.12. The number of rotatable bonds is 6. The van der Waals surface area contributed by atoms with Crippen molar-refractivity contribution in [3.8, 4) is 0 Å². The third-order valence-corrected chi connectivity index (χ3v) is 8.02. The molecule has 2 aliphatic rings. The Labute approximate surface area is 195 Å². The first-order valence-electron chi connectivity index (χ1n) is 11.3. The number of hydrogen-bond donors (Lipinski definition) is 1. The molecule has 2 aromatic carbocycles. The lowest BCUT2D eigenvalue weighted by atomic mass is 10.2. The standard InChI is InChI=1S/C24H30N4O4S/c1-19-5-11-22(12-6-19)33(31,32)27-14-3-13-26(16-17-27)18-23(29)25-20-7-9-21(10-8-20)28-15-2-4-24(28)30/h5-12H,2-4,13-18H2,1H3,(H,25,29). The molecule has 0 radical (unpaired) electrons. The van der Waals surface area contributed by atoms with Gasteiger partial charge in [0.15, 0.2) is 0 Å². The number of nitrogens with zero attached hydrogens (tertiary/aromatic N) is 3. The summed E-state index contributed by atoms with van der Waals surface area (Å²) in [6, 6.07) is 14.2. The molecule has 0 aliphatic carbocycles. The zero-order valence-corrected chi connectivity index (χ0v) is 19.7. The van der Waals surface area contributed by atoms with Crippen LogP contribution in [0, 0.1) is 6.92 Å². The minimum absolute atomic E-state index is 0.131. The normalized spacial score (nSPS) is 18.3. The summed E-state index contributed by atoms with van der Waals surface area (Å²) >= 11 is 0. The maximum atomic E-state index is 13.0. The van der Waals surface area contributed by atoms with E-state index < -0.39 is 10.0 Å². The summed E-state index contributed by atoms with van der Waals surface area (Å²) in [5.41, 5.74) is 2.54. The van der Waals surface area contributed by atoms with Crippen LogP contribution in [0.4, 0.5) is 11.4 Å². The van der Waals surface area contributed by atoms with Crippen LogP contribution in [0.2, 0.25) is 0 Å². The van der Waals surface area contributed by atoms with E-state index in [2.05, 4.69) is 5.32 Å². The Morgan fingerprint density at radius 1 is 0.909 bits per heavy atom. The van der Waals surface area contributed by atoms with Crippen molar-refractivity contribution in [1.29, 1.82) is 0 Å². The Kier molecular flexibility index (Phi) is 7.11. The summed E-state index contributed by atoms with van der Waals surface area (Å²) in [6.45, 7) is 4.79. The minimum atomic E-state index is -3.54. The van der Waals surface area contributed by atoms with E-state index in [1.165, 1.54) is 4.31 Å². The molecule has 0 unspecified atom stereocenters. The van der Waals surface area contributed by atoms with Crippen molar-refractivity contribution in [3.05, 3.63) is 54.1 Å². The van der Waals surface area contributed by atoms with Crippen LogP contribution in [0.5, 0.6) is 0 Å². The van der Waals surface area contributed by atoms with Gasteiger partial charge in [0.1, 0.15) is 0 Å². The molecule has 2 aliphatic heterocycles. The number of aryl methyl sites for hydroxylation is 1. The monoisotopic (exact) mass is 470 g/mol. The van der Waals surface area contributed by atoms with Gasteiger partial charge in [-0.1, -0.05) is 17.7 Å². The predicted molar refractivity (Wildman–Crippen MR) is 128 cm³/mol. The van der Waals surface area contributed by atoms with Gasteiger partial charge in [0, 0.05) is 44.0 Å². The van der Waals surface area contributed by atoms with Crippen molar-refractivity contribution in [1.82, 2.24) is 9.21 Å². The molecule has 0 saturated carbocycles. The zero-order valence-electron chi connectivity index (χ0n) is 18.9. The summed E-state index contributed by atoms with van der Waals surface area (Å²) < 4.78 is 27.4. The Bertz CT molecular complexity index is 1100. The van der Waals surface area contributed by atoms with Gasteiger partial charge >= 0.3 is 0 Å². The minimum Gasteiger partial charge on any atom is -0.325 e. The first-order valence-corrected chi connectivity index (χ1v) is 12.8. The van der Waals surface area contributed by atoms with Crippen LogP contribution in [0.1, 0.15) is 24.8 Å². The average Bonchev–Trinajstić information content (AvgIpc) is 3.07. The third-order valence-electron chi connectivity index (χ3n) is 6.11. The highest BCUT2D eigenvalue weighted by Gasteiger charge is 2.27. The summed E-state index contributed by atoms with van der Waals surface area (Å²) in [4.78, 5) is 28.5. The largest absolute Gasteiger partial charge is 0.325 e. The maximum absolute atomic E-state index is 13.0. The van der Waals surface area contributed by atoms with E-state index in [4.69, 9.17) is 0 Å². The lowest BCUT2D eigenvalue weighted by Gasteiger charge is -2.21. The summed E-state index contributed by atoms with van der Waals surface area (Å²) in [5.74, 6) is -0.0128. The van der Waals surface area contributed by atoms with E-state index in [-0.39, 0.29) is 18.4 Å². The van der Waals surface area contributed by atoms with Crippen molar-refractivity contribution in [2.24, 2.45) is 0 Å². The Hall–Kier alpha value is -2.75. The number of carbonyl (C=O) groups excluding carboxylic acids is 2. The molecule has 1 N–H and O–H groups in total. The predicted octanol–water partition coefficient (Wildman–Crippen LogP) is 2.46. The molecule has 0 bridgehead atoms. The number of amides is 2. The highest BCUT2D eigenvalue weighted by atomic mass is 32.2. The zero-order chi connectivity index (χ0) is 23.4. The van der Waals surface area contributed by atoms with Crippen molar-refractivity contribution in [3.63, 3.8) is 0 Å². The molecule has 2 amide bonds. The third kappa shape index (κ3) is 5.61. The van der Waals surface area contributed by atoms with E-state index in [0.29, 0.717) is 49.6 Å². The topological polar surface area (TPSA) is 90.0 Å². The van der Waals surface area contributed by atoms with E-state index >= 15 is 0 Å². The Morgan fingerprint density at radius 2 is 1.64 bits per heavy atom. The fourth-order valence-electron chi connectivity index (χ4n) is 4.25. The van der Waals surface area contributed by atoms with E-state index in [0.717, 1.165) is 24.2 Å². The molecule has 0 spiro atoms. The Balaban J connectivity index is 1.30. The van der Waals surface area contributed by atoms with E-state index in [9.17, 15) is 18.0 Å². The van der Waals surface area contributed by atoms with E-state index in [1.54, 1.807) is 41.3 Å². The van der Waals surface area contributed by atoms with Crippen molar-refractivity contribution in [2.75, 3.05) is 49.5 Å². The van der Waals surface area contributed by atoms with E-state index in [1.807, 2.05) is 24.0 Å². The highest BCUT2D eigenvalue weighted by molar-refractivity contribution is 7.89. The average molecular weight is 471 g/mol. The van der Waals surface area contributed by atoms with Gasteiger partial charge in [0.25, 0.3) is 0 Å². The van der Waals surface area contributed by atoms with Crippen LogP contribution >= 0.6 is 0 Å². The number of hydrogen-bond acceptors (Lipinski definition) is 5. The first kappa shape index (κ1) is 23.4. The molecule has 2 aromatic rings. The van der Waals surface area contributed by atoms with Crippen LogP contribution in [0.3, 0.4) is 0 Å². The second-order valence-corrected chi connectivity index (χ2v) is 10.5. The van der Waals surface area contributed by atoms with Gasteiger partial charge in [-0.05, 0) is 62.7 Å². The lowest BCUT2D eigenvalue weighted by molar-refractivity contribution is -0.118. The number of nitrogens with one attached hydrogen (secondary N) is 1. The molecule has 0 atom stereocenters. The van der Waals surface area contributed by atoms with Gasteiger partial charge in [-0.2, -0.15) is 4.31 Å². The summed E-state index contributed by atoms with van der Waals surface area (Å²) in [7, 11) is -3.54. The number of anilines is 2. The maximum Gasteiger partial charge on any atom is 0.243 e. The Morgan fingerprint density at radius 3 is 2.30 bits per heavy atom. The molecular weight excluding hydrogens is 440 g/mol. The van der Waals surface area contributed by atoms with Crippen molar-refractivity contribution >= 4 is 33.2 Å². The number of sulfonamides is 1. The number of benzene rings is 2. The quantitative estimate of drug-likeness (QED) is 0.701. The van der Waals surface area contributed by atoms with Crippen LogP contribution in [0.25, 0.3) is 0 Å². The molecule has 176 valence electrons. The second kappa shape index (κ2) is 10.0.